The Bertz CT molecular complexity index is 378. The smallest absolute Gasteiger partial charge is 0.251 e. The Balaban J connectivity index is 2.75. The molecule has 1 atom stereocenters. The molecule has 3 nitrogen and oxygen atoms in total. The summed E-state index contributed by atoms with van der Waals surface area (Å²) in [6.07, 6.45) is 0.821. The van der Waals surface area contributed by atoms with Gasteiger partial charge in [0.05, 0.1) is 12.6 Å². The number of hydrogen-bond acceptors (Lipinski definition) is 2. The Hall–Kier alpha value is -0.580. The van der Waals surface area contributed by atoms with Crippen LogP contribution in [0.1, 0.15) is 23.7 Å². The molecule has 0 aliphatic carbocycles. The van der Waals surface area contributed by atoms with Crippen LogP contribution >= 0.6 is 27.5 Å². The monoisotopic (exact) mass is 319 g/mol. The van der Waals surface area contributed by atoms with Gasteiger partial charge in [-0.15, -0.1) is 0 Å². The molecule has 94 valence electrons. The minimum atomic E-state index is -0.142. The van der Waals surface area contributed by atoms with Gasteiger partial charge in [0.1, 0.15) is 0 Å². The molecule has 0 bridgehead atoms. The first-order valence-electron chi connectivity index (χ1n) is 5.32. The van der Waals surface area contributed by atoms with Crippen molar-refractivity contribution in [2.75, 3.05) is 13.7 Å². The number of nitrogens with one attached hydrogen (secondary N) is 1. The van der Waals surface area contributed by atoms with E-state index in [0.717, 1.165) is 10.9 Å². The second-order valence-corrected chi connectivity index (χ2v) is 5.04. The number of carbonyl (C=O) groups is 1. The van der Waals surface area contributed by atoms with Gasteiger partial charge >= 0.3 is 0 Å². The van der Waals surface area contributed by atoms with E-state index in [4.69, 9.17) is 16.3 Å². The number of hydrogen-bond donors (Lipinski definition) is 1. The van der Waals surface area contributed by atoms with Gasteiger partial charge in [-0.05, 0) is 24.6 Å². The minimum Gasteiger partial charge on any atom is -0.383 e. The van der Waals surface area contributed by atoms with Gasteiger partial charge in [0, 0.05) is 22.2 Å². The summed E-state index contributed by atoms with van der Waals surface area (Å²) in [5, 5.41) is 3.43. The molecule has 0 heterocycles. The number of benzene rings is 1. The van der Waals surface area contributed by atoms with E-state index in [0.29, 0.717) is 17.2 Å². The maximum absolute atomic E-state index is 11.9. The molecule has 0 aliphatic heterocycles. The second kappa shape index (κ2) is 6.99. The van der Waals surface area contributed by atoms with Gasteiger partial charge in [-0.1, -0.05) is 34.5 Å². The Labute approximate surface area is 115 Å². The summed E-state index contributed by atoms with van der Waals surface area (Å²) in [4.78, 5) is 11.9. The second-order valence-electron chi connectivity index (χ2n) is 3.69. The highest BCUT2D eigenvalue weighted by Gasteiger charge is 2.12. The van der Waals surface area contributed by atoms with E-state index < -0.39 is 0 Å². The number of rotatable bonds is 5. The number of ether oxygens (including phenoxy) is 1. The topological polar surface area (TPSA) is 38.3 Å². The summed E-state index contributed by atoms with van der Waals surface area (Å²) in [5.41, 5.74) is 0.541. The Morgan fingerprint density at radius 1 is 1.53 bits per heavy atom. The van der Waals surface area contributed by atoms with Crippen LogP contribution in [0, 0.1) is 0 Å². The van der Waals surface area contributed by atoms with Crippen LogP contribution in [0.15, 0.2) is 22.7 Å². The van der Waals surface area contributed by atoms with Crippen molar-refractivity contribution in [2.45, 2.75) is 19.4 Å². The third kappa shape index (κ3) is 4.66. The molecule has 0 aliphatic rings. The summed E-state index contributed by atoms with van der Waals surface area (Å²) < 4.78 is 5.82. The molecule has 0 saturated carbocycles. The molecule has 0 aromatic heterocycles. The van der Waals surface area contributed by atoms with Crippen molar-refractivity contribution in [2.24, 2.45) is 0 Å². The molecule has 0 radical (unpaired) electrons. The van der Waals surface area contributed by atoms with Crippen LogP contribution < -0.4 is 5.32 Å². The normalized spacial score (nSPS) is 12.2. The fourth-order valence-corrected chi connectivity index (χ4v) is 2.28. The van der Waals surface area contributed by atoms with Gasteiger partial charge in [-0.3, -0.25) is 4.79 Å². The number of carbonyl (C=O) groups excluding carboxylic acids is 1. The summed E-state index contributed by atoms with van der Waals surface area (Å²) in [6.45, 7) is 2.50. The van der Waals surface area contributed by atoms with Crippen molar-refractivity contribution < 1.29 is 9.53 Å². The molecule has 1 aromatic carbocycles. The fraction of sp³-hybridized carbons (Fsp3) is 0.417. The Kier molecular flexibility index (Phi) is 5.95. The van der Waals surface area contributed by atoms with Gasteiger partial charge in [-0.2, -0.15) is 0 Å². The van der Waals surface area contributed by atoms with Crippen LogP contribution in [0.2, 0.25) is 5.02 Å². The SMILES string of the molecule is CCC(COC)NC(=O)c1cc(Cl)cc(Br)c1. The molecular formula is C12H15BrClNO2. The lowest BCUT2D eigenvalue weighted by molar-refractivity contribution is 0.0894. The number of amides is 1. The first kappa shape index (κ1) is 14.5. The molecular weight excluding hydrogens is 305 g/mol. The highest BCUT2D eigenvalue weighted by molar-refractivity contribution is 9.10. The molecule has 1 aromatic rings. The maximum atomic E-state index is 11.9. The third-order valence-corrected chi connectivity index (χ3v) is 3.00. The lowest BCUT2D eigenvalue weighted by atomic mass is 10.2. The van der Waals surface area contributed by atoms with E-state index in [1.807, 2.05) is 6.92 Å². The van der Waals surface area contributed by atoms with Crippen LogP contribution in [-0.2, 0) is 4.74 Å². The average Bonchev–Trinajstić information content (AvgIpc) is 2.27. The largest absolute Gasteiger partial charge is 0.383 e. The van der Waals surface area contributed by atoms with E-state index in [1.165, 1.54) is 0 Å². The van der Waals surface area contributed by atoms with Crippen molar-refractivity contribution in [3.8, 4) is 0 Å². The number of methoxy groups -OCH3 is 1. The molecule has 5 heteroatoms. The highest BCUT2D eigenvalue weighted by atomic mass is 79.9. The lowest BCUT2D eigenvalue weighted by Crippen LogP contribution is -2.37. The first-order valence-corrected chi connectivity index (χ1v) is 6.49. The quantitative estimate of drug-likeness (QED) is 0.904. The van der Waals surface area contributed by atoms with Crippen molar-refractivity contribution >= 4 is 33.4 Å². The fourth-order valence-electron chi connectivity index (χ4n) is 1.42. The van der Waals surface area contributed by atoms with E-state index in [1.54, 1.807) is 25.3 Å². The molecule has 0 fully saturated rings. The van der Waals surface area contributed by atoms with Crippen LogP contribution in [0.4, 0.5) is 0 Å². The predicted octanol–water partition coefficient (Wildman–Crippen LogP) is 3.26. The van der Waals surface area contributed by atoms with E-state index in [9.17, 15) is 4.79 Å². The van der Waals surface area contributed by atoms with Gasteiger partial charge < -0.3 is 10.1 Å². The average molecular weight is 321 g/mol. The molecule has 1 unspecified atom stereocenters. The minimum absolute atomic E-state index is 0.0188. The molecule has 17 heavy (non-hydrogen) atoms. The van der Waals surface area contributed by atoms with E-state index in [2.05, 4.69) is 21.2 Å². The van der Waals surface area contributed by atoms with E-state index >= 15 is 0 Å². The van der Waals surface area contributed by atoms with Gasteiger partial charge in [0.2, 0.25) is 0 Å². The zero-order valence-electron chi connectivity index (χ0n) is 9.80. The molecule has 1 N–H and O–H groups in total. The molecule has 0 spiro atoms. The van der Waals surface area contributed by atoms with Crippen molar-refractivity contribution in [3.05, 3.63) is 33.3 Å². The summed E-state index contributed by atoms with van der Waals surface area (Å²) in [5.74, 6) is -0.142. The van der Waals surface area contributed by atoms with Gasteiger partial charge in [0.25, 0.3) is 5.91 Å². The standard InChI is InChI=1S/C12H15BrClNO2/c1-3-11(7-17-2)15-12(16)8-4-9(13)6-10(14)5-8/h4-6,11H,3,7H2,1-2H3,(H,15,16). The Morgan fingerprint density at radius 3 is 2.76 bits per heavy atom. The van der Waals surface area contributed by atoms with Gasteiger partial charge in [0.15, 0.2) is 0 Å². The third-order valence-electron chi connectivity index (χ3n) is 2.32. The maximum Gasteiger partial charge on any atom is 0.251 e. The zero-order chi connectivity index (χ0) is 12.8. The molecule has 1 rings (SSSR count). The van der Waals surface area contributed by atoms with Crippen LogP contribution in [-0.4, -0.2) is 25.7 Å². The van der Waals surface area contributed by atoms with E-state index in [-0.39, 0.29) is 11.9 Å². The first-order chi connectivity index (χ1) is 8.06. The summed E-state index contributed by atoms with van der Waals surface area (Å²) in [7, 11) is 1.62. The van der Waals surface area contributed by atoms with Crippen LogP contribution in [0.5, 0.6) is 0 Å². The highest BCUT2D eigenvalue weighted by Crippen LogP contribution is 2.19. The Morgan fingerprint density at radius 2 is 2.24 bits per heavy atom. The van der Waals surface area contributed by atoms with Gasteiger partial charge in [-0.25, -0.2) is 0 Å². The van der Waals surface area contributed by atoms with Crippen LogP contribution in [0.3, 0.4) is 0 Å². The van der Waals surface area contributed by atoms with Crippen molar-refractivity contribution in [1.29, 1.82) is 0 Å². The predicted molar refractivity (Wildman–Crippen MR) is 72.6 cm³/mol. The number of halogens is 2. The van der Waals surface area contributed by atoms with Crippen molar-refractivity contribution in [3.63, 3.8) is 0 Å². The summed E-state index contributed by atoms with van der Waals surface area (Å²) >= 11 is 9.20. The van der Waals surface area contributed by atoms with Crippen molar-refractivity contribution in [1.82, 2.24) is 5.32 Å². The molecule has 0 saturated heterocycles. The lowest BCUT2D eigenvalue weighted by Gasteiger charge is -2.16. The zero-order valence-corrected chi connectivity index (χ0v) is 12.1. The summed E-state index contributed by atoms with van der Waals surface area (Å²) in [6, 6.07) is 5.14. The van der Waals surface area contributed by atoms with Crippen LogP contribution in [0.25, 0.3) is 0 Å². The molecule has 1 amide bonds.